The van der Waals surface area contributed by atoms with Crippen LogP contribution in [0.2, 0.25) is 0 Å². The van der Waals surface area contributed by atoms with E-state index in [-0.39, 0.29) is 18.4 Å². The van der Waals surface area contributed by atoms with Crippen LogP contribution in [0.1, 0.15) is 43.7 Å². The van der Waals surface area contributed by atoms with Crippen LogP contribution in [-0.4, -0.2) is 0 Å². The zero-order valence-electron chi connectivity index (χ0n) is 10.5. The third kappa shape index (κ3) is 2.56. The highest BCUT2D eigenvalue weighted by Gasteiger charge is 2.23. The molecule has 2 N–H and O–H groups in total. The van der Waals surface area contributed by atoms with Gasteiger partial charge in [-0.05, 0) is 41.2 Å². The summed E-state index contributed by atoms with van der Waals surface area (Å²) in [4.78, 5) is 0. The Morgan fingerprint density at radius 3 is 2.61 bits per heavy atom. The van der Waals surface area contributed by atoms with Gasteiger partial charge in [-0.25, -0.2) is 0 Å². The summed E-state index contributed by atoms with van der Waals surface area (Å²) in [5.41, 5.74) is 7.86. The Balaban J connectivity index is 0.00000120. The number of halogens is 1. The zero-order valence-corrected chi connectivity index (χ0v) is 12.1. The van der Waals surface area contributed by atoms with E-state index in [1.807, 2.05) is 11.3 Å². The topological polar surface area (TPSA) is 26.0 Å². The molecule has 2 aromatic rings. The minimum atomic E-state index is 0. The van der Waals surface area contributed by atoms with Gasteiger partial charge in [0.05, 0.1) is 0 Å². The maximum absolute atomic E-state index is 6.49. The Morgan fingerprint density at radius 2 is 1.83 bits per heavy atom. The molecule has 1 atom stereocenters. The van der Waals surface area contributed by atoms with E-state index >= 15 is 0 Å². The molecule has 1 aromatic carbocycles. The third-order valence-corrected chi connectivity index (χ3v) is 5.01. The molecule has 1 saturated carbocycles. The van der Waals surface area contributed by atoms with Crippen LogP contribution < -0.4 is 5.73 Å². The number of thiophene rings is 1. The average Bonchev–Trinajstić information content (AvgIpc) is 2.83. The fourth-order valence-corrected chi connectivity index (χ4v) is 4.01. The van der Waals surface area contributed by atoms with Gasteiger partial charge >= 0.3 is 0 Å². The first-order valence-electron chi connectivity index (χ1n) is 6.58. The van der Waals surface area contributed by atoms with E-state index in [1.165, 1.54) is 47.8 Å². The van der Waals surface area contributed by atoms with Crippen molar-refractivity contribution < 1.29 is 0 Å². The molecule has 0 saturated heterocycles. The van der Waals surface area contributed by atoms with Crippen LogP contribution >= 0.6 is 23.7 Å². The Hall–Kier alpha value is -0.570. The average molecular weight is 282 g/mol. The quantitative estimate of drug-likeness (QED) is 0.832. The first kappa shape index (κ1) is 13.9. The van der Waals surface area contributed by atoms with Gasteiger partial charge in [0.15, 0.2) is 0 Å². The molecule has 0 unspecified atom stereocenters. The molecule has 0 radical (unpaired) electrons. The van der Waals surface area contributed by atoms with Gasteiger partial charge < -0.3 is 5.73 Å². The molecule has 98 valence electrons. The Kier molecular flexibility index (Phi) is 4.66. The van der Waals surface area contributed by atoms with Gasteiger partial charge in [0, 0.05) is 10.7 Å². The Bertz CT molecular complexity index is 502. The normalized spacial score (nSPS) is 18.5. The molecule has 1 fully saturated rings. The molecule has 3 heteroatoms. The van der Waals surface area contributed by atoms with Crippen LogP contribution in [0.3, 0.4) is 0 Å². The molecule has 1 heterocycles. The summed E-state index contributed by atoms with van der Waals surface area (Å²) in [5, 5.41) is 3.64. The van der Waals surface area contributed by atoms with Crippen molar-refractivity contribution in [3.8, 4) is 0 Å². The summed E-state index contributed by atoms with van der Waals surface area (Å²) >= 11 is 1.83. The smallest absolute Gasteiger partial charge is 0.0346 e. The highest BCUT2D eigenvalue weighted by Crippen LogP contribution is 2.37. The molecule has 1 aromatic heterocycles. The first-order chi connectivity index (χ1) is 8.36. The predicted octanol–water partition coefficient (Wildman–Crippen LogP) is 4.90. The highest BCUT2D eigenvalue weighted by atomic mass is 35.5. The van der Waals surface area contributed by atoms with Crippen molar-refractivity contribution in [3.63, 3.8) is 0 Å². The second kappa shape index (κ2) is 6.05. The largest absolute Gasteiger partial charge is 0.324 e. The van der Waals surface area contributed by atoms with Crippen LogP contribution in [0.5, 0.6) is 0 Å². The second-order valence-electron chi connectivity index (χ2n) is 5.11. The number of hydrogen-bond donors (Lipinski definition) is 1. The number of fused-ring (bicyclic) bond motifs is 1. The lowest BCUT2D eigenvalue weighted by atomic mass is 9.81. The van der Waals surface area contributed by atoms with E-state index in [4.69, 9.17) is 5.73 Å². The minimum Gasteiger partial charge on any atom is -0.324 e. The molecular formula is C15H20ClNS. The highest BCUT2D eigenvalue weighted by molar-refractivity contribution is 7.17. The van der Waals surface area contributed by atoms with Gasteiger partial charge in [0.25, 0.3) is 0 Å². The van der Waals surface area contributed by atoms with Crippen LogP contribution in [-0.2, 0) is 0 Å². The van der Waals surface area contributed by atoms with Gasteiger partial charge in [-0.2, -0.15) is 0 Å². The molecule has 1 aliphatic carbocycles. The van der Waals surface area contributed by atoms with Crippen molar-refractivity contribution in [2.24, 2.45) is 11.7 Å². The van der Waals surface area contributed by atoms with Gasteiger partial charge in [0.2, 0.25) is 0 Å². The molecule has 0 bridgehead atoms. The van der Waals surface area contributed by atoms with E-state index in [0.717, 1.165) is 0 Å². The Morgan fingerprint density at radius 1 is 1.11 bits per heavy atom. The van der Waals surface area contributed by atoms with Crippen LogP contribution in [0, 0.1) is 5.92 Å². The predicted molar refractivity (Wildman–Crippen MR) is 82.6 cm³/mol. The lowest BCUT2D eigenvalue weighted by Crippen LogP contribution is -2.23. The zero-order chi connectivity index (χ0) is 11.7. The molecule has 0 aliphatic heterocycles. The lowest BCUT2D eigenvalue weighted by molar-refractivity contribution is 0.309. The summed E-state index contributed by atoms with van der Waals surface area (Å²) in [7, 11) is 0. The van der Waals surface area contributed by atoms with Crippen LogP contribution in [0.25, 0.3) is 10.1 Å². The summed E-state index contributed by atoms with van der Waals surface area (Å²) < 4.78 is 1.37. The van der Waals surface area contributed by atoms with Crippen LogP contribution in [0.15, 0.2) is 29.6 Å². The van der Waals surface area contributed by atoms with Crippen molar-refractivity contribution >= 4 is 33.8 Å². The number of benzene rings is 1. The van der Waals surface area contributed by atoms with E-state index in [2.05, 4.69) is 29.6 Å². The summed E-state index contributed by atoms with van der Waals surface area (Å²) in [6.07, 6.45) is 6.74. The van der Waals surface area contributed by atoms with Gasteiger partial charge in [-0.1, -0.05) is 37.5 Å². The monoisotopic (exact) mass is 281 g/mol. The first-order valence-corrected chi connectivity index (χ1v) is 7.46. The van der Waals surface area contributed by atoms with E-state index < -0.39 is 0 Å². The van der Waals surface area contributed by atoms with Crippen molar-refractivity contribution in [3.05, 3.63) is 35.2 Å². The van der Waals surface area contributed by atoms with Crippen molar-refractivity contribution in [2.75, 3.05) is 0 Å². The molecule has 1 nitrogen and oxygen atoms in total. The molecule has 3 rings (SSSR count). The van der Waals surface area contributed by atoms with Crippen molar-refractivity contribution in [1.29, 1.82) is 0 Å². The minimum absolute atomic E-state index is 0. The van der Waals surface area contributed by atoms with E-state index in [0.29, 0.717) is 5.92 Å². The number of hydrogen-bond acceptors (Lipinski definition) is 2. The fourth-order valence-electron chi connectivity index (χ4n) is 3.00. The molecule has 0 spiro atoms. The second-order valence-corrected chi connectivity index (χ2v) is 6.02. The molecule has 1 aliphatic rings. The molecular weight excluding hydrogens is 262 g/mol. The van der Waals surface area contributed by atoms with Crippen LogP contribution in [0.4, 0.5) is 0 Å². The van der Waals surface area contributed by atoms with E-state index in [1.54, 1.807) is 0 Å². The van der Waals surface area contributed by atoms with Gasteiger partial charge in [0.1, 0.15) is 0 Å². The summed E-state index contributed by atoms with van der Waals surface area (Å²) in [5.74, 6) is 0.696. The summed E-state index contributed by atoms with van der Waals surface area (Å²) in [6, 6.07) is 8.87. The van der Waals surface area contributed by atoms with E-state index in [9.17, 15) is 0 Å². The lowest BCUT2D eigenvalue weighted by Gasteiger charge is -2.27. The maximum atomic E-state index is 6.49. The number of nitrogens with two attached hydrogens (primary N) is 1. The summed E-state index contributed by atoms with van der Waals surface area (Å²) in [6.45, 7) is 0. The molecule has 18 heavy (non-hydrogen) atoms. The van der Waals surface area contributed by atoms with Crippen molar-refractivity contribution in [1.82, 2.24) is 0 Å². The Labute approximate surface area is 119 Å². The SMILES string of the molecule is Cl.N[C@H](c1csc2ccccc12)C1CCCCC1. The standard InChI is InChI=1S/C15H19NS.ClH/c16-15(11-6-2-1-3-7-11)13-10-17-14-9-5-4-8-12(13)14;/h4-5,8-11,15H,1-3,6-7,16H2;1H/t15-;/m0./s1. The van der Waals surface area contributed by atoms with Crippen molar-refractivity contribution in [2.45, 2.75) is 38.1 Å². The third-order valence-electron chi connectivity index (χ3n) is 4.03. The molecule has 0 amide bonds. The maximum Gasteiger partial charge on any atom is 0.0346 e. The van der Waals surface area contributed by atoms with Gasteiger partial charge in [-0.15, -0.1) is 23.7 Å². The number of rotatable bonds is 2. The van der Waals surface area contributed by atoms with Gasteiger partial charge in [-0.3, -0.25) is 0 Å². The fraction of sp³-hybridized carbons (Fsp3) is 0.467.